The number of hydrogen-bond acceptors (Lipinski definition) is 4. The lowest BCUT2D eigenvalue weighted by Gasteiger charge is -2.23. The van der Waals surface area contributed by atoms with Crippen molar-refractivity contribution in [3.05, 3.63) is 40.2 Å². The van der Waals surface area contributed by atoms with E-state index in [0.29, 0.717) is 22.4 Å². The van der Waals surface area contributed by atoms with Crippen LogP contribution in [0.2, 0.25) is 0 Å². The highest BCUT2D eigenvalue weighted by Gasteiger charge is 2.32. The fraction of sp³-hybridized carbons (Fsp3) is 0.444. The second kappa shape index (κ2) is 5.95. The molecule has 0 aromatic heterocycles. The number of allylic oxidation sites excluding steroid dienone is 2. The topological polar surface area (TPSA) is 52.6 Å². The first-order valence-corrected chi connectivity index (χ1v) is 7.50. The van der Waals surface area contributed by atoms with E-state index in [9.17, 15) is 9.59 Å². The summed E-state index contributed by atoms with van der Waals surface area (Å²) in [4.78, 5) is 25.2. The molecule has 0 saturated heterocycles. The van der Waals surface area contributed by atoms with Crippen LogP contribution in [-0.4, -0.2) is 23.8 Å². The molecule has 0 radical (unpaired) electrons. The maximum atomic E-state index is 12.6. The van der Waals surface area contributed by atoms with Crippen LogP contribution in [0.5, 0.6) is 5.75 Å². The predicted octanol–water partition coefficient (Wildman–Crippen LogP) is 3.86. The van der Waals surface area contributed by atoms with Gasteiger partial charge in [0.1, 0.15) is 5.75 Å². The van der Waals surface area contributed by atoms with Crippen molar-refractivity contribution < 1.29 is 19.1 Å². The van der Waals surface area contributed by atoms with E-state index < -0.39 is 0 Å². The van der Waals surface area contributed by atoms with E-state index >= 15 is 0 Å². The summed E-state index contributed by atoms with van der Waals surface area (Å²) in [6, 6.07) is 3.38. The third kappa shape index (κ3) is 2.91. The number of fused-ring (bicyclic) bond motifs is 1. The molecule has 1 aliphatic rings. The van der Waals surface area contributed by atoms with E-state index in [1.54, 1.807) is 19.1 Å². The molecule has 0 unspecified atom stereocenters. The number of rotatable bonds is 4. The minimum absolute atomic E-state index is 0.00242. The molecule has 22 heavy (non-hydrogen) atoms. The Balaban J connectivity index is 2.54. The molecule has 1 aliphatic carbocycles. The minimum atomic E-state index is -0.236. The van der Waals surface area contributed by atoms with Gasteiger partial charge in [-0.05, 0) is 59.2 Å². The van der Waals surface area contributed by atoms with Crippen molar-refractivity contribution in [2.45, 2.75) is 53.8 Å². The summed E-state index contributed by atoms with van der Waals surface area (Å²) in [5, 5.41) is 0. The largest absolute Gasteiger partial charge is 0.491 e. The SMILES string of the molecule is CC1=C(OC(C)C)C(=O)c2cc(C)c(OC(C)C)cc2C1=O. The molecule has 0 atom stereocenters. The highest BCUT2D eigenvalue weighted by atomic mass is 16.5. The van der Waals surface area contributed by atoms with Crippen molar-refractivity contribution in [2.24, 2.45) is 0 Å². The number of hydrogen-bond donors (Lipinski definition) is 0. The van der Waals surface area contributed by atoms with Crippen molar-refractivity contribution in [1.29, 1.82) is 0 Å². The van der Waals surface area contributed by atoms with E-state index in [-0.39, 0.29) is 29.5 Å². The quantitative estimate of drug-likeness (QED) is 0.847. The van der Waals surface area contributed by atoms with E-state index in [1.165, 1.54) is 0 Å². The second-order valence-corrected chi connectivity index (χ2v) is 6.11. The summed E-state index contributed by atoms with van der Waals surface area (Å²) in [6.07, 6.45) is -0.157. The second-order valence-electron chi connectivity index (χ2n) is 6.11. The molecule has 0 aliphatic heterocycles. The van der Waals surface area contributed by atoms with Crippen LogP contribution < -0.4 is 4.74 Å². The fourth-order valence-electron chi connectivity index (χ4n) is 2.42. The number of aryl methyl sites for hydroxylation is 1. The van der Waals surface area contributed by atoms with E-state index in [1.807, 2.05) is 34.6 Å². The molecule has 0 bridgehead atoms. The third-order valence-electron chi connectivity index (χ3n) is 3.41. The predicted molar refractivity (Wildman–Crippen MR) is 84.5 cm³/mol. The molecule has 118 valence electrons. The molecular weight excluding hydrogens is 280 g/mol. The van der Waals surface area contributed by atoms with Gasteiger partial charge in [0.25, 0.3) is 0 Å². The highest BCUT2D eigenvalue weighted by molar-refractivity contribution is 6.26. The van der Waals surface area contributed by atoms with Crippen LogP contribution in [0.25, 0.3) is 0 Å². The van der Waals surface area contributed by atoms with Crippen molar-refractivity contribution in [1.82, 2.24) is 0 Å². The zero-order chi connectivity index (χ0) is 16.6. The fourth-order valence-corrected chi connectivity index (χ4v) is 2.42. The summed E-state index contributed by atoms with van der Waals surface area (Å²) >= 11 is 0. The van der Waals surface area contributed by atoms with Gasteiger partial charge in [-0.15, -0.1) is 0 Å². The van der Waals surface area contributed by atoms with Crippen molar-refractivity contribution in [3.63, 3.8) is 0 Å². The van der Waals surface area contributed by atoms with Gasteiger partial charge in [0.05, 0.1) is 12.2 Å². The Kier molecular flexibility index (Phi) is 4.40. The monoisotopic (exact) mass is 302 g/mol. The average molecular weight is 302 g/mol. The Bertz CT molecular complexity index is 666. The molecule has 0 heterocycles. The first kappa shape index (κ1) is 16.3. The van der Waals surface area contributed by atoms with E-state index in [4.69, 9.17) is 9.47 Å². The lowest BCUT2D eigenvalue weighted by molar-refractivity contribution is 0.0797. The molecular formula is C18H22O4. The number of ether oxygens (including phenoxy) is 2. The zero-order valence-electron chi connectivity index (χ0n) is 13.9. The van der Waals surface area contributed by atoms with Gasteiger partial charge in [0, 0.05) is 16.7 Å². The van der Waals surface area contributed by atoms with Crippen LogP contribution in [0.1, 0.15) is 60.9 Å². The number of benzene rings is 1. The van der Waals surface area contributed by atoms with Gasteiger partial charge >= 0.3 is 0 Å². The number of carbonyl (C=O) groups excluding carboxylic acids is 2. The van der Waals surface area contributed by atoms with Crippen molar-refractivity contribution >= 4 is 11.6 Å². The molecule has 4 nitrogen and oxygen atoms in total. The van der Waals surface area contributed by atoms with Gasteiger partial charge in [-0.3, -0.25) is 9.59 Å². The van der Waals surface area contributed by atoms with Gasteiger partial charge in [0.2, 0.25) is 5.78 Å². The smallest absolute Gasteiger partial charge is 0.228 e. The van der Waals surface area contributed by atoms with Gasteiger partial charge in [0.15, 0.2) is 11.5 Å². The summed E-state index contributed by atoms with van der Waals surface area (Å²) in [5.74, 6) is 0.374. The van der Waals surface area contributed by atoms with Crippen molar-refractivity contribution in [2.75, 3.05) is 0 Å². The Morgan fingerprint density at radius 1 is 0.818 bits per heavy atom. The third-order valence-corrected chi connectivity index (χ3v) is 3.41. The molecule has 0 spiro atoms. The van der Waals surface area contributed by atoms with Gasteiger partial charge in [-0.25, -0.2) is 0 Å². The first-order chi connectivity index (χ1) is 10.2. The van der Waals surface area contributed by atoms with Gasteiger partial charge in [-0.2, -0.15) is 0 Å². The maximum absolute atomic E-state index is 12.6. The average Bonchev–Trinajstić information content (AvgIpc) is 2.42. The van der Waals surface area contributed by atoms with Crippen LogP contribution in [-0.2, 0) is 4.74 Å². The standard InChI is InChI=1S/C18H22O4/c1-9(2)21-15-8-14-13(7-11(15)5)17(20)18(22-10(3)4)12(6)16(14)19/h7-10H,1-6H3. The normalized spacial score (nSPS) is 14.7. The van der Waals surface area contributed by atoms with Crippen LogP contribution in [0.15, 0.2) is 23.5 Å². The van der Waals surface area contributed by atoms with Crippen LogP contribution >= 0.6 is 0 Å². The Labute approximate surface area is 131 Å². The first-order valence-electron chi connectivity index (χ1n) is 7.50. The van der Waals surface area contributed by atoms with E-state index in [0.717, 1.165) is 5.56 Å². The Hall–Kier alpha value is -2.10. The molecule has 0 N–H and O–H groups in total. The van der Waals surface area contributed by atoms with Crippen LogP contribution in [0.3, 0.4) is 0 Å². The van der Waals surface area contributed by atoms with Crippen molar-refractivity contribution in [3.8, 4) is 5.75 Å². The Morgan fingerprint density at radius 3 is 1.91 bits per heavy atom. The molecule has 2 rings (SSSR count). The summed E-state index contributed by atoms with van der Waals surface area (Å²) in [7, 11) is 0. The maximum Gasteiger partial charge on any atom is 0.228 e. The summed E-state index contributed by atoms with van der Waals surface area (Å²) in [5.41, 5.74) is 1.96. The van der Waals surface area contributed by atoms with Gasteiger partial charge in [-0.1, -0.05) is 0 Å². The lowest BCUT2D eigenvalue weighted by atomic mass is 9.87. The molecule has 0 fully saturated rings. The van der Waals surface area contributed by atoms with Gasteiger partial charge < -0.3 is 9.47 Å². The molecule has 1 aromatic carbocycles. The van der Waals surface area contributed by atoms with Crippen LogP contribution in [0.4, 0.5) is 0 Å². The molecule has 0 amide bonds. The van der Waals surface area contributed by atoms with Crippen LogP contribution in [0, 0.1) is 6.92 Å². The number of Topliss-reactive ketones (excluding diaryl/α,β-unsaturated/α-hetero) is 2. The summed E-state index contributed by atoms with van der Waals surface area (Å²) < 4.78 is 11.3. The number of carbonyl (C=O) groups is 2. The molecule has 4 heteroatoms. The highest BCUT2D eigenvalue weighted by Crippen LogP contribution is 2.32. The summed E-state index contributed by atoms with van der Waals surface area (Å²) in [6.45, 7) is 11.0. The lowest BCUT2D eigenvalue weighted by Crippen LogP contribution is -2.24. The Morgan fingerprint density at radius 2 is 1.36 bits per heavy atom. The molecule has 1 aromatic rings. The molecule has 0 saturated carbocycles. The number of ketones is 2. The minimum Gasteiger partial charge on any atom is -0.491 e. The zero-order valence-corrected chi connectivity index (χ0v) is 13.9. The van der Waals surface area contributed by atoms with E-state index in [2.05, 4.69) is 0 Å².